The molecule has 2 heterocycles. The number of methoxy groups -OCH3 is 1. The number of benzene rings is 1. The third-order valence-electron chi connectivity index (χ3n) is 4.87. The number of aryl methyl sites for hydroxylation is 1. The number of hydrogen-bond acceptors (Lipinski definition) is 5. The van der Waals surface area contributed by atoms with Crippen LogP contribution in [0.2, 0.25) is 0 Å². The van der Waals surface area contributed by atoms with E-state index in [2.05, 4.69) is 15.6 Å². The van der Waals surface area contributed by atoms with Gasteiger partial charge < -0.3 is 15.4 Å². The van der Waals surface area contributed by atoms with E-state index in [1.807, 2.05) is 30.0 Å². The second-order valence-corrected chi connectivity index (χ2v) is 6.99. The highest BCUT2D eigenvalue weighted by Crippen LogP contribution is 2.20. The minimum Gasteiger partial charge on any atom is -0.497 e. The second-order valence-electron chi connectivity index (χ2n) is 6.99. The molecule has 2 aromatic rings. The van der Waals surface area contributed by atoms with Gasteiger partial charge in [0.1, 0.15) is 11.6 Å². The third kappa shape index (κ3) is 5.51. The topological polar surface area (TPSA) is 83.6 Å². The van der Waals surface area contributed by atoms with Crippen LogP contribution < -0.4 is 15.4 Å². The smallest absolute Gasteiger partial charge is 0.237 e. The average molecular weight is 400 g/mol. The van der Waals surface area contributed by atoms with Crippen molar-refractivity contribution in [3.8, 4) is 5.75 Å². The summed E-state index contributed by atoms with van der Waals surface area (Å²) in [5, 5.41) is 5.59. The standard InChI is InChI=1S/C21H25FN4O3/c1-14-4-3-5-16(25-14)12-24-20(27)11-19-21(28)23-8-9-26(19)13-15-6-7-17(29-2)10-18(15)22/h3-7,10,19H,8-9,11-13H2,1-2H3,(H,23,28)(H,24,27). The highest BCUT2D eigenvalue weighted by molar-refractivity contribution is 5.88. The molecule has 0 aliphatic carbocycles. The number of halogens is 1. The van der Waals surface area contributed by atoms with E-state index in [9.17, 15) is 14.0 Å². The lowest BCUT2D eigenvalue weighted by atomic mass is 10.1. The summed E-state index contributed by atoms with van der Waals surface area (Å²) < 4.78 is 19.4. The monoisotopic (exact) mass is 400 g/mol. The van der Waals surface area contributed by atoms with Crippen molar-refractivity contribution < 1.29 is 18.7 Å². The van der Waals surface area contributed by atoms with Gasteiger partial charge in [0.25, 0.3) is 0 Å². The molecule has 1 aliphatic rings. The number of aromatic nitrogens is 1. The average Bonchev–Trinajstić information content (AvgIpc) is 2.70. The Hall–Kier alpha value is -3.00. The molecule has 0 bridgehead atoms. The van der Waals surface area contributed by atoms with Crippen molar-refractivity contribution in [3.05, 3.63) is 59.2 Å². The number of carbonyl (C=O) groups is 2. The Bertz CT molecular complexity index is 890. The highest BCUT2D eigenvalue weighted by Gasteiger charge is 2.32. The number of pyridine rings is 1. The Morgan fingerprint density at radius 2 is 2.21 bits per heavy atom. The Labute approximate surface area is 169 Å². The van der Waals surface area contributed by atoms with Crippen molar-refractivity contribution >= 4 is 11.8 Å². The molecule has 3 rings (SSSR count). The first-order chi connectivity index (χ1) is 14.0. The van der Waals surface area contributed by atoms with E-state index in [-0.39, 0.29) is 24.8 Å². The van der Waals surface area contributed by atoms with Gasteiger partial charge in [-0.3, -0.25) is 19.5 Å². The number of hydrogen-bond donors (Lipinski definition) is 2. The van der Waals surface area contributed by atoms with E-state index in [1.54, 1.807) is 12.1 Å². The fourth-order valence-electron chi connectivity index (χ4n) is 3.31. The van der Waals surface area contributed by atoms with Crippen molar-refractivity contribution in [2.24, 2.45) is 0 Å². The van der Waals surface area contributed by atoms with Crippen LogP contribution in [0.1, 0.15) is 23.4 Å². The summed E-state index contributed by atoms with van der Waals surface area (Å²) in [6, 6.07) is 9.57. The molecule has 1 fully saturated rings. The molecule has 1 unspecified atom stereocenters. The van der Waals surface area contributed by atoms with Gasteiger partial charge in [0.2, 0.25) is 11.8 Å². The molecule has 1 saturated heterocycles. The van der Waals surface area contributed by atoms with Crippen LogP contribution in [0.5, 0.6) is 5.75 Å². The molecular weight excluding hydrogens is 375 g/mol. The van der Waals surface area contributed by atoms with E-state index in [0.29, 0.717) is 30.9 Å². The third-order valence-corrected chi connectivity index (χ3v) is 4.87. The quantitative estimate of drug-likeness (QED) is 0.737. The van der Waals surface area contributed by atoms with Crippen molar-refractivity contribution in [1.29, 1.82) is 0 Å². The fraction of sp³-hybridized carbons (Fsp3) is 0.381. The minimum absolute atomic E-state index is 0.00454. The zero-order valence-electron chi connectivity index (χ0n) is 16.6. The summed E-state index contributed by atoms with van der Waals surface area (Å²) in [4.78, 5) is 31.0. The van der Waals surface area contributed by atoms with Crippen LogP contribution in [0.25, 0.3) is 0 Å². The van der Waals surface area contributed by atoms with Crippen LogP contribution in [-0.4, -0.2) is 47.9 Å². The van der Waals surface area contributed by atoms with Gasteiger partial charge in [-0.1, -0.05) is 12.1 Å². The molecule has 7 nitrogen and oxygen atoms in total. The zero-order chi connectivity index (χ0) is 20.8. The Morgan fingerprint density at radius 1 is 1.38 bits per heavy atom. The molecule has 0 radical (unpaired) electrons. The summed E-state index contributed by atoms with van der Waals surface area (Å²) in [6.45, 7) is 3.41. The molecule has 0 spiro atoms. The molecule has 2 N–H and O–H groups in total. The minimum atomic E-state index is -0.657. The molecule has 1 aliphatic heterocycles. The maximum atomic E-state index is 14.3. The Kier molecular flexibility index (Phi) is 6.77. The first kappa shape index (κ1) is 20.7. The molecule has 154 valence electrons. The van der Waals surface area contributed by atoms with Gasteiger partial charge in [0.15, 0.2) is 0 Å². The molecule has 2 amide bonds. The SMILES string of the molecule is COc1ccc(CN2CCNC(=O)C2CC(=O)NCc2cccc(C)n2)c(F)c1. The molecule has 1 aromatic heterocycles. The van der Waals surface area contributed by atoms with Gasteiger partial charge in [-0.2, -0.15) is 0 Å². The molecule has 29 heavy (non-hydrogen) atoms. The van der Waals surface area contributed by atoms with Crippen LogP contribution in [0.3, 0.4) is 0 Å². The van der Waals surface area contributed by atoms with Crippen molar-refractivity contribution in [2.75, 3.05) is 20.2 Å². The van der Waals surface area contributed by atoms with E-state index < -0.39 is 11.9 Å². The van der Waals surface area contributed by atoms with E-state index >= 15 is 0 Å². The molecule has 1 atom stereocenters. The van der Waals surface area contributed by atoms with Gasteiger partial charge in [-0.25, -0.2) is 4.39 Å². The van der Waals surface area contributed by atoms with E-state index in [0.717, 1.165) is 11.4 Å². The number of carbonyl (C=O) groups excluding carboxylic acids is 2. The molecule has 8 heteroatoms. The van der Waals surface area contributed by atoms with Gasteiger partial charge >= 0.3 is 0 Å². The summed E-state index contributed by atoms with van der Waals surface area (Å²) >= 11 is 0. The van der Waals surface area contributed by atoms with Gasteiger partial charge in [0, 0.05) is 37.0 Å². The number of amides is 2. The summed E-state index contributed by atoms with van der Waals surface area (Å²) in [5.41, 5.74) is 2.08. The Balaban J connectivity index is 1.63. The normalized spacial score (nSPS) is 16.9. The summed E-state index contributed by atoms with van der Waals surface area (Å²) in [7, 11) is 1.48. The summed E-state index contributed by atoms with van der Waals surface area (Å²) in [6.07, 6.45) is -0.00454. The first-order valence-corrected chi connectivity index (χ1v) is 9.49. The maximum absolute atomic E-state index is 14.3. The lowest BCUT2D eigenvalue weighted by Gasteiger charge is -2.34. The number of piperazine rings is 1. The summed E-state index contributed by atoms with van der Waals surface area (Å²) in [5.74, 6) is -0.447. The molecular formula is C21H25FN4O3. The molecule has 1 aromatic carbocycles. The Morgan fingerprint density at radius 3 is 2.93 bits per heavy atom. The fourth-order valence-corrected chi connectivity index (χ4v) is 3.31. The lowest BCUT2D eigenvalue weighted by Crippen LogP contribution is -2.56. The number of ether oxygens (including phenoxy) is 1. The van der Waals surface area contributed by atoms with E-state index in [4.69, 9.17) is 4.74 Å². The highest BCUT2D eigenvalue weighted by atomic mass is 19.1. The number of rotatable bonds is 7. The van der Waals surface area contributed by atoms with Crippen LogP contribution in [-0.2, 0) is 22.7 Å². The largest absolute Gasteiger partial charge is 0.497 e. The van der Waals surface area contributed by atoms with E-state index in [1.165, 1.54) is 13.2 Å². The first-order valence-electron chi connectivity index (χ1n) is 9.49. The number of nitrogens with zero attached hydrogens (tertiary/aromatic N) is 2. The maximum Gasteiger partial charge on any atom is 0.237 e. The predicted molar refractivity (Wildman–Crippen MR) is 106 cm³/mol. The second kappa shape index (κ2) is 9.47. The van der Waals surface area contributed by atoms with Crippen LogP contribution >= 0.6 is 0 Å². The van der Waals surface area contributed by atoms with Crippen molar-refractivity contribution in [3.63, 3.8) is 0 Å². The van der Waals surface area contributed by atoms with Crippen LogP contribution in [0.15, 0.2) is 36.4 Å². The number of nitrogens with one attached hydrogen (secondary N) is 2. The van der Waals surface area contributed by atoms with Gasteiger partial charge in [-0.15, -0.1) is 0 Å². The van der Waals surface area contributed by atoms with Crippen molar-refractivity contribution in [1.82, 2.24) is 20.5 Å². The van der Waals surface area contributed by atoms with Gasteiger partial charge in [0.05, 0.1) is 31.8 Å². The van der Waals surface area contributed by atoms with Crippen LogP contribution in [0.4, 0.5) is 4.39 Å². The molecule has 0 saturated carbocycles. The lowest BCUT2D eigenvalue weighted by molar-refractivity contribution is -0.134. The zero-order valence-corrected chi connectivity index (χ0v) is 16.6. The van der Waals surface area contributed by atoms with Crippen LogP contribution in [0, 0.1) is 12.7 Å². The van der Waals surface area contributed by atoms with Crippen molar-refractivity contribution in [2.45, 2.75) is 32.5 Å². The van der Waals surface area contributed by atoms with Gasteiger partial charge in [-0.05, 0) is 25.1 Å². The predicted octanol–water partition coefficient (Wildman–Crippen LogP) is 1.54.